The van der Waals surface area contributed by atoms with E-state index < -0.39 is 0 Å². The van der Waals surface area contributed by atoms with Gasteiger partial charge in [0.15, 0.2) is 0 Å². The van der Waals surface area contributed by atoms with E-state index in [9.17, 15) is 4.79 Å². The van der Waals surface area contributed by atoms with Gasteiger partial charge in [-0.25, -0.2) is 4.37 Å². The summed E-state index contributed by atoms with van der Waals surface area (Å²) in [5.41, 5.74) is 3.10. The molecule has 1 aromatic heterocycles. The Kier molecular flexibility index (Phi) is 4.12. The molecule has 0 saturated carbocycles. The van der Waals surface area contributed by atoms with Crippen LogP contribution in [0.5, 0.6) is 0 Å². The van der Waals surface area contributed by atoms with Crippen LogP contribution in [0.1, 0.15) is 16.0 Å². The maximum absolute atomic E-state index is 12.1. The number of nitrogens with zero attached hydrogens (tertiary/aromatic N) is 2. The summed E-state index contributed by atoms with van der Waals surface area (Å²) in [7, 11) is 0. The van der Waals surface area contributed by atoms with Gasteiger partial charge >= 0.3 is 0 Å². The van der Waals surface area contributed by atoms with Crippen molar-refractivity contribution < 1.29 is 4.79 Å². The van der Waals surface area contributed by atoms with Crippen molar-refractivity contribution in [2.24, 2.45) is 0 Å². The van der Waals surface area contributed by atoms with Crippen LogP contribution in [-0.4, -0.2) is 10.3 Å². The zero-order chi connectivity index (χ0) is 13.8. The number of hydrogen-bond acceptors (Lipinski definition) is 3. The van der Waals surface area contributed by atoms with E-state index in [1.165, 1.54) is 17.6 Å². The van der Waals surface area contributed by atoms with E-state index in [0.29, 0.717) is 6.54 Å². The molecule has 0 spiro atoms. The largest absolute Gasteiger partial charge is 0.303 e. The van der Waals surface area contributed by atoms with Gasteiger partial charge in [0.25, 0.3) is 5.91 Å². The number of carbonyl (C=O) groups excluding carboxylic acids is 1. The molecule has 1 heterocycles. The van der Waals surface area contributed by atoms with E-state index in [2.05, 4.69) is 11.0 Å². The minimum absolute atomic E-state index is 0.0953. The Balaban J connectivity index is 2.37. The summed E-state index contributed by atoms with van der Waals surface area (Å²) in [6.07, 6.45) is 3.18. The molecular weight excluding hydrogens is 256 g/mol. The molecule has 0 atom stereocenters. The molecule has 0 bridgehead atoms. The summed E-state index contributed by atoms with van der Waals surface area (Å²) in [5, 5.41) is 0. The first kappa shape index (κ1) is 13.5. The molecule has 0 fully saturated rings. The standard InChI is InChI=1S/C15H16N2OS/c1-4-15(18)17(10-14-12(3)9-16-19-14)13-8-6-5-7-11(13)2/h4-9H,1,10H2,2-3H3. The minimum Gasteiger partial charge on any atom is -0.303 e. The van der Waals surface area contributed by atoms with Crippen molar-refractivity contribution in [3.8, 4) is 0 Å². The maximum atomic E-state index is 12.1. The highest BCUT2D eigenvalue weighted by molar-refractivity contribution is 7.05. The van der Waals surface area contributed by atoms with E-state index in [1.54, 1.807) is 4.90 Å². The maximum Gasteiger partial charge on any atom is 0.250 e. The number of aryl methyl sites for hydroxylation is 2. The Bertz CT molecular complexity index is 604. The van der Waals surface area contributed by atoms with Crippen LogP contribution in [0.25, 0.3) is 0 Å². The third-order valence-electron chi connectivity index (χ3n) is 3.00. The van der Waals surface area contributed by atoms with Gasteiger partial charge in [-0.15, -0.1) is 0 Å². The van der Waals surface area contributed by atoms with E-state index in [-0.39, 0.29) is 5.91 Å². The summed E-state index contributed by atoms with van der Waals surface area (Å²) in [6, 6.07) is 7.85. The van der Waals surface area contributed by atoms with E-state index in [1.807, 2.05) is 44.3 Å². The Morgan fingerprint density at radius 2 is 2.11 bits per heavy atom. The fourth-order valence-corrected chi connectivity index (χ4v) is 2.59. The van der Waals surface area contributed by atoms with Gasteiger partial charge in [-0.05, 0) is 48.6 Å². The lowest BCUT2D eigenvalue weighted by atomic mass is 10.1. The van der Waals surface area contributed by atoms with Gasteiger partial charge in [-0.1, -0.05) is 24.8 Å². The lowest BCUT2D eigenvalue weighted by molar-refractivity contribution is -0.114. The molecule has 1 amide bonds. The lowest BCUT2D eigenvalue weighted by Crippen LogP contribution is -2.29. The van der Waals surface area contributed by atoms with Gasteiger partial charge in [-0.2, -0.15) is 0 Å². The van der Waals surface area contributed by atoms with Crippen molar-refractivity contribution in [1.29, 1.82) is 0 Å². The van der Waals surface area contributed by atoms with Crippen molar-refractivity contribution in [1.82, 2.24) is 4.37 Å². The summed E-state index contributed by atoms with van der Waals surface area (Å²) in [5.74, 6) is -0.0953. The van der Waals surface area contributed by atoms with E-state index in [0.717, 1.165) is 21.7 Å². The second-order valence-electron chi connectivity index (χ2n) is 4.35. The first-order valence-electron chi connectivity index (χ1n) is 6.03. The number of anilines is 1. The van der Waals surface area contributed by atoms with E-state index >= 15 is 0 Å². The molecule has 2 aromatic rings. The first-order valence-corrected chi connectivity index (χ1v) is 6.80. The molecule has 0 aliphatic carbocycles. The molecule has 98 valence electrons. The number of hydrogen-bond donors (Lipinski definition) is 0. The molecular formula is C15H16N2OS. The third-order valence-corrected chi connectivity index (χ3v) is 3.88. The molecule has 0 aliphatic heterocycles. The van der Waals surface area contributed by atoms with Crippen LogP contribution < -0.4 is 4.90 Å². The van der Waals surface area contributed by atoms with Crippen molar-refractivity contribution in [3.05, 3.63) is 59.1 Å². The van der Waals surface area contributed by atoms with Crippen LogP contribution >= 0.6 is 11.5 Å². The van der Waals surface area contributed by atoms with Gasteiger partial charge in [0.05, 0.1) is 6.54 Å². The number of aromatic nitrogens is 1. The predicted octanol–water partition coefficient (Wildman–Crippen LogP) is 3.48. The van der Waals surface area contributed by atoms with Crippen LogP contribution in [0, 0.1) is 13.8 Å². The third kappa shape index (κ3) is 2.90. The van der Waals surface area contributed by atoms with Gasteiger partial charge in [0, 0.05) is 16.8 Å². The Morgan fingerprint density at radius 1 is 1.37 bits per heavy atom. The number of carbonyl (C=O) groups is 1. The monoisotopic (exact) mass is 272 g/mol. The van der Waals surface area contributed by atoms with Crippen molar-refractivity contribution in [2.75, 3.05) is 4.90 Å². The molecule has 0 saturated heterocycles. The Hall–Kier alpha value is -1.94. The summed E-state index contributed by atoms with van der Waals surface area (Å²) in [6.45, 7) is 8.12. The van der Waals surface area contributed by atoms with Gasteiger partial charge in [0.2, 0.25) is 0 Å². The van der Waals surface area contributed by atoms with Crippen LogP contribution in [0.3, 0.4) is 0 Å². The molecule has 0 unspecified atom stereocenters. The van der Waals surface area contributed by atoms with Crippen LogP contribution in [-0.2, 0) is 11.3 Å². The number of rotatable bonds is 4. The van der Waals surface area contributed by atoms with Crippen molar-refractivity contribution in [3.63, 3.8) is 0 Å². The zero-order valence-electron chi connectivity index (χ0n) is 11.1. The number of benzene rings is 1. The molecule has 0 N–H and O–H groups in total. The lowest BCUT2D eigenvalue weighted by Gasteiger charge is -2.22. The molecule has 19 heavy (non-hydrogen) atoms. The Labute approximate surface area is 117 Å². The zero-order valence-corrected chi connectivity index (χ0v) is 11.9. The highest BCUT2D eigenvalue weighted by Crippen LogP contribution is 2.24. The highest BCUT2D eigenvalue weighted by atomic mass is 32.1. The SMILES string of the molecule is C=CC(=O)N(Cc1sncc1C)c1ccccc1C. The number of para-hydroxylation sites is 1. The minimum atomic E-state index is -0.0953. The second kappa shape index (κ2) is 5.80. The first-order chi connectivity index (χ1) is 9.13. The molecule has 4 heteroatoms. The van der Waals surface area contributed by atoms with Crippen LogP contribution in [0.2, 0.25) is 0 Å². The van der Waals surface area contributed by atoms with Gasteiger partial charge in [-0.3, -0.25) is 4.79 Å². The fourth-order valence-electron chi connectivity index (χ4n) is 1.87. The quantitative estimate of drug-likeness (QED) is 0.798. The van der Waals surface area contributed by atoms with Gasteiger partial charge in [0.1, 0.15) is 0 Å². The fraction of sp³-hybridized carbons (Fsp3) is 0.200. The van der Waals surface area contributed by atoms with Crippen molar-refractivity contribution in [2.45, 2.75) is 20.4 Å². The van der Waals surface area contributed by atoms with Crippen molar-refractivity contribution >= 4 is 23.1 Å². The average molecular weight is 272 g/mol. The highest BCUT2D eigenvalue weighted by Gasteiger charge is 2.17. The molecule has 0 aliphatic rings. The predicted molar refractivity (Wildman–Crippen MR) is 79.4 cm³/mol. The Morgan fingerprint density at radius 3 is 2.68 bits per heavy atom. The average Bonchev–Trinajstić information content (AvgIpc) is 2.81. The van der Waals surface area contributed by atoms with Crippen LogP contribution in [0.15, 0.2) is 43.1 Å². The van der Waals surface area contributed by atoms with Crippen LogP contribution in [0.4, 0.5) is 5.69 Å². The van der Waals surface area contributed by atoms with E-state index in [4.69, 9.17) is 0 Å². The molecule has 3 nitrogen and oxygen atoms in total. The smallest absolute Gasteiger partial charge is 0.250 e. The summed E-state index contributed by atoms with van der Waals surface area (Å²) >= 11 is 1.43. The molecule has 2 rings (SSSR count). The topological polar surface area (TPSA) is 33.2 Å². The summed E-state index contributed by atoms with van der Waals surface area (Å²) < 4.78 is 4.15. The summed E-state index contributed by atoms with van der Waals surface area (Å²) in [4.78, 5) is 14.9. The van der Waals surface area contributed by atoms with Gasteiger partial charge < -0.3 is 4.90 Å². The molecule has 1 aromatic carbocycles. The molecule has 0 radical (unpaired) electrons. The number of amides is 1. The normalized spacial score (nSPS) is 10.2. The second-order valence-corrected chi connectivity index (χ2v) is 5.23.